The predicted octanol–water partition coefficient (Wildman–Crippen LogP) is 3.70. The molecule has 0 saturated carbocycles. The van der Waals surface area contributed by atoms with Crippen LogP contribution < -0.4 is 15.4 Å². The van der Waals surface area contributed by atoms with Gasteiger partial charge >= 0.3 is 0 Å². The Balaban J connectivity index is 0.00000300. The van der Waals surface area contributed by atoms with E-state index in [1.807, 2.05) is 19.1 Å². The zero-order chi connectivity index (χ0) is 19.8. The molecule has 0 bridgehead atoms. The summed E-state index contributed by atoms with van der Waals surface area (Å²) in [5, 5.41) is 6.66. The van der Waals surface area contributed by atoms with Gasteiger partial charge < -0.3 is 20.1 Å². The molecule has 1 aromatic carbocycles. The number of ether oxygens (including phenoxy) is 2. The molecule has 29 heavy (non-hydrogen) atoms. The van der Waals surface area contributed by atoms with Gasteiger partial charge in [0.15, 0.2) is 0 Å². The minimum Gasteiger partial charge on any atom is -0.494 e. The molecule has 1 aromatic rings. The summed E-state index contributed by atoms with van der Waals surface area (Å²) in [6, 6.07) is 8.38. The van der Waals surface area contributed by atoms with Crippen molar-refractivity contribution in [1.82, 2.24) is 10.6 Å². The molecule has 1 amide bonds. The number of piperidine rings is 1. The van der Waals surface area contributed by atoms with Crippen LogP contribution in [0.5, 0.6) is 5.75 Å². The van der Waals surface area contributed by atoms with E-state index in [1.165, 1.54) is 18.4 Å². The molecule has 2 aliphatic heterocycles. The van der Waals surface area contributed by atoms with E-state index in [0.717, 1.165) is 44.9 Å². The Labute approximate surface area is 181 Å². The molecule has 2 N–H and O–H groups in total. The highest BCUT2D eigenvalue weighted by molar-refractivity contribution is 5.85. The number of halogens is 1. The van der Waals surface area contributed by atoms with Crippen LogP contribution in [0.3, 0.4) is 0 Å². The SMILES string of the molecule is CCOc1ccc(C2(CNC(=O)CC(C)C3CCNCC3)CCOCC2)cc1.Cl. The average molecular weight is 425 g/mol. The third-order valence-corrected chi connectivity index (χ3v) is 6.55. The number of benzene rings is 1. The normalized spacial score (nSPS) is 20.3. The summed E-state index contributed by atoms with van der Waals surface area (Å²) < 4.78 is 11.2. The van der Waals surface area contributed by atoms with Crippen LogP contribution in [0.1, 0.15) is 51.5 Å². The summed E-state index contributed by atoms with van der Waals surface area (Å²) in [7, 11) is 0. The second-order valence-corrected chi connectivity index (χ2v) is 8.40. The fourth-order valence-electron chi connectivity index (χ4n) is 4.61. The van der Waals surface area contributed by atoms with Crippen molar-refractivity contribution in [3.05, 3.63) is 29.8 Å². The van der Waals surface area contributed by atoms with E-state index < -0.39 is 0 Å². The Kier molecular flexibility index (Phi) is 9.73. The molecule has 6 heteroatoms. The lowest BCUT2D eigenvalue weighted by atomic mass is 9.74. The summed E-state index contributed by atoms with van der Waals surface area (Å²) in [6.07, 6.45) is 4.86. The summed E-state index contributed by atoms with van der Waals surface area (Å²) in [5.74, 6) is 2.18. The molecule has 2 fully saturated rings. The van der Waals surface area contributed by atoms with E-state index in [9.17, 15) is 4.79 Å². The second-order valence-electron chi connectivity index (χ2n) is 8.40. The van der Waals surface area contributed by atoms with Crippen molar-refractivity contribution in [1.29, 1.82) is 0 Å². The minimum atomic E-state index is -0.0450. The lowest BCUT2D eigenvalue weighted by Gasteiger charge is -2.38. The summed E-state index contributed by atoms with van der Waals surface area (Å²) >= 11 is 0. The van der Waals surface area contributed by atoms with Gasteiger partial charge in [0.2, 0.25) is 5.91 Å². The molecular formula is C23H37ClN2O3. The largest absolute Gasteiger partial charge is 0.494 e. The Bertz CT molecular complexity index is 611. The topological polar surface area (TPSA) is 59.6 Å². The van der Waals surface area contributed by atoms with Crippen molar-refractivity contribution in [2.24, 2.45) is 11.8 Å². The molecule has 2 saturated heterocycles. The van der Waals surface area contributed by atoms with Crippen LogP contribution in [0.4, 0.5) is 0 Å². The maximum absolute atomic E-state index is 12.7. The first-order valence-corrected chi connectivity index (χ1v) is 10.9. The highest BCUT2D eigenvalue weighted by Gasteiger charge is 2.35. The zero-order valence-corrected chi connectivity index (χ0v) is 18.7. The molecule has 3 rings (SSSR count). The molecule has 0 aliphatic carbocycles. The van der Waals surface area contributed by atoms with Crippen molar-refractivity contribution < 1.29 is 14.3 Å². The van der Waals surface area contributed by atoms with Gasteiger partial charge in [0.05, 0.1) is 6.61 Å². The van der Waals surface area contributed by atoms with Crippen molar-refractivity contribution in [3.63, 3.8) is 0 Å². The molecule has 2 heterocycles. The quantitative estimate of drug-likeness (QED) is 0.668. The first kappa shape index (κ1) is 24.0. The number of amides is 1. The summed E-state index contributed by atoms with van der Waals surface area (Å²) in [5.41, 5.74) is 1.22. The minimum absolute atomic E-state index is 0. The molecule has 2 aliphatic rings. The third-order valence-electron chi connectivity index (χ3n) is 6.55. The van der Waals surface area contributed by atoms with Crippen LogP contribution in [0.2, 0.25) is 0 Å². The van der Waals surface area contributed by atoms with Gasteiger partial charge in [0, 0.05) is 31.6 Å². The van der Waals surface area contributed by atoms with Gasteiger partial charge in [-0.3, -0.25) is 4.79 Å². The second kappa shape index (κ2) is 11.8. The highest BCUT2D eigenvalue weighted by Crippen LogP contribution is 2.35. The van der Waals surface area contributed by atoms with E-state index in [2.05, 4.69) is 29.7 Å². The van der Waals surface area contributed by atoms with E-state index in [1.54, 1.807) is 0 Å². The van der Waals surface area contributed by atoms with Crippen LogP contribution in [0.25, 0.3) is 0 Å². The van der Waals surface area contributed by atoms with E-state index in [0.29, 0.717) is 31.4 Å². The molecule has 164 valence electrons. The fourth-order valence-corrected chi connectivity index (χ4v) is 4.61. The van der Waals surface area contributed by atoms with Crippen molar-refractivity contribution in [2.75, 3.05) is 39.5 Å². The van der Waals surface area contributed by atoms with E-state index >= 15 is 0 Å². The lowest BCUT2D eigenvalue weighted by molar-refractivity contribution is -0.122. The van der Waals surface area contributed by atoms with Gasteiger partial charge in [0.25, 0.3) is 0 Å². The van der Waals surface area contributed by atoms with Gasteiger partial charge in [-0.25, -0.2) is 0 Å². The molecule has 0 aromatic heterocycles. The van der Waals surface area contributed by atoms with Gasteiger partial charge in [0.1, 0.15) is 5.75 Å². The molecule has 1 unspecified atom stereocenters. The van der Waals surface area contributed by atoms with Crippen molar-refractivity contribution in [3.8, 4) is 5.75 Å². The number of carbonyl (C=O) groups excluding carboxylic acids is 1. The van der Waals surface area contributed by atoms with Crippen LogP contribution in [-0.2, 0) is 14.9 Å². The highest BCUT2D eigenvalue weighted by atomic mass is 35.5. The number of carbonyl (C=O) groups is 1. The molecule has 0 radical (unpaired) electrons. The average Bonchev–Trinajstić information content (AvgIpc) is 2.74. The fraction of sp³-hybridized carbons (Fsp3) is 0.696. The van der Waals surface area contributed by atoms with E-state index in [4.69, 9.17) is 9.47 Å². The molecule has 5 nitrogen and oxygen atoms in total. The van der Waals surface area contributed by atoms with Crippen LogP contribution in [0, 0.1) is 11.8 Å². The van der Waals surface area contributed by atoms with Crippen LogP contribution in [-0.4, -0.2) is 45.4 Å². The van der Waals surface area contributed by atoms with Gasteiger partial charge in [-0.2, -0.15) is 0 Å². The smallest absolute Gasteiger partial charge is 0.220 e. The van der Waals surface area contributed by atoms with Gasteiger partial charge in [-0.15, -0.1) is 12.4 Å². The van der Waals surface area contributed by atoms with Crippen LogP contribution >= 0.6 is 12.4 Å². The number of hydrogen-bond acceptors (Lipinski definition) is 4. The Hall–Kier alpha value is -1.30. The maximum atomic E-state index is 12.7. The van der Waals surface area contributed by atoms with Gasteiger partial charge in [-0.1, -0.05) is 19.1 Å². The Morgan fingerprint density at radius 2 is 1.90 bits per heavy atom. The standard InChI is InChI=1S/C23H36N2O3.ClH/c1-3-28-21-6-4-20(5-7-21)23(10-14-27-15-11-23)17-25-22(26)16-18(2)19-8-12-24-13-9-19;/h4-7,18-19,24H,3,8-17H2,1-2H3,(H,25,26);1H. The Morgan fingerprint density at radius 3 is 2.52 bits per heavy atom. The van der Waals surface area contributed by atoms with Gasteiger partial charge in [-0.05, 0) is 75.2 Å². The van der Waals surface area contributed by atoms with Crippen LogP contribution in [0.15, 0.2) is 24.3 Å². The maximum Gasteiger partial charge on any atom is 0.220 e. The molecule has 1 atom stereocenters. The predicted molar refractivity (Wildman–Crippen MR) is 119 cm³/mol. The summed E-state index contributed by atoms with van der Waals surface area (Å²) in [6.45, 7) is 9.23. The lowest BCUT2D eigenvalue weighted by Crippen LogP contribution is -2.45. The van der Waals surface area contributed by atoms with E-state index in [-0.39, 0.29) is 23.7 Å². The number of hydrogen-bond donors (Lipinski definition) is 2. The molecule has 0 spiro atoms. The number of rotatable bonds is 8. The Morgan fingerprint density at radius 1 is 1.24 bits per heavy atom. The summed E-state index contributed by atoms with van der Waals surface area (Å²) in [4.78, 5) is 12.7. The first-order chi connectivity index (χ1) is 13.6. The van der Waals surface area contributed by atoms with Crippen molar-refractivity contribution >= 4 is 18.3 Å². The third kappa shape index (κ3) is 6.59. The monoisotopic (exact) mass is 424 g/mol. The number of nitrogens with one attached hydrogen (secondary N) is 2. The molecular weight excluding hydrogens is 388 g/mol. The van der Waals surface area contributed by atoms with Crippen molar-refractivity contribution in [2.45, 2.75) is 51.4 Å². The first-order valence-electron chi connectivity index (χ1n) is 10.9. The zero-order valence-electron chi connectivity index (χ0n) is 17.9.